The maximum Gasteiger partial charge on any atom is 0.156 e. The van der Waals surface area contributed by atoms with Crippen LogP contribution in [0.1, 0.15) is 25.8 Å². The van der Waals surface area contributed by atoms with Gasteiger partial charge in [0.25, 0.3) is 0 Å². The summed E-state index contributed by atoms with van der Waals surface area (Å²) in [7, 11) is -3.40. The first kappa shape index (κ1) is 17.1. The number of hydrogen-bond acceptors (Lipinski definition) is 4. The number of hydrogen-bond donors (Lipinski definition) is 1. The van der Waals surface area contributed by atoms with Crippen LogP contribution in [0.5, 0.6) is 0 Å². The van der Waals surface area contributed by atoms with Gasteiger partial charge in [0.2, 0.25) is 0 Å². The first-order chi connectivity index (χ1) is 9.39. The summed E-state index contributed by atoms with van der Waals surface area (Å²) in [6, 6.07) is 6.20. The molecule has 0 saturated heterocycles. The Kier molecular flexibility index (Phi) is 6.65. The van der Waals surface area contributed by atoms with Gasteiger partial charge in [-0.2, -0.15) is 0 Å². The number of rotatable bonds is 8. The monoisotopic (exact) mass is 317 g/mol. The molecule has 1 aromatic rings. The van der Waals surface area contributed by atoms with E-state index >= 15 is 0 Å². The summed E-state index contributed by atoms with van der Waals surface area (Å²) >= 11 is 5.97. The van der Waals surface area contributed by atoms with Crippen LogP contribution >= 0.6 is 11.6 Å². The second-order valence-electron chi connectivity index (χ2n) is 4.58. The fraction of sp³-hybridized carbons (Fsp3) is 0.500. The van der Waals surface area contributed by atoms with Gasteiger partial charge in [0.05, 0.1) is 17.5 Å². The summed E-state index contributed by atoms with van der Waals surface area (Å²) in [5, 5.41) is 3.36. The Hall–Kier alpha value is -0.910. The zero-order valence-electron chi connectivity index (χ0n) is 11.7. The zero-order valence-corrected chi connectivity index (χ0v) is 13.3. The molecular formula is C14H20ClNO3S. The molecule has 0 aliphatic heterocycles. The Balaban J connectivity index is 2.83. The topological polar surface area (TPSA) is 63.2 Å². The molecule has 0 aliphatic rings. The maximum absolute atomic E-state index is 12.2. The molecule has 1 aromatic carbocycles. The second kappa shape index (κ2) is 7.76. The number of sulfone groups is 1. The Labute approximate surface area is 125 Å². The number of carbonyl (C=O) groups is 1. The lowest BCUT2D eigenvalue weighted by molar-refractivity contribution is -0.120. The predicted molar refractivity (Wildman–Crippen MR) is 81.7 cm³/mol. The highest BCUT2D eigenvalue weighted by Crippen LogP contribution is 2.18. The fourth-order valence-corrected chi connectivity index (χ4v) is 3.86. The van der Waals surface area contributed by atoms with E-state index in [1.165, 1.54) is 0 Å². The van der Waals surface area contributed by atoms with Gasteiger partial charge in [-0.3, -0.25) is 4.79 Å². The smallest absolute Gasteiger partial charge is 0.156 e. The fourth-order valence-electron chi connectivity index (χ4n) is 1.92. The third-order valence-corrected chi connectivity index (χ3v) is 4.90. The number of carbonyl (C=O) groups excluding carboxylic acids is 1. The minimum Gasteiger partial charge on any atom is -0.307 e. The molecule has 6 heteroatoms. The predicted octanol–water partition coefficient (Wildman–Crippen LogP) is 2.21. The maximum atomic E-state index is 12.2. The van der Waals surface area contributed by atoms with E-state index in [0.29, 0.717) is 23.6 Å². The standard InChI is InChI=1S/C14H20ClNO3S/c1-3-14(17)13(16-4-2)10-20(18,19)9-11-7-5-6-8-12(11)15/h5-8,13,16H,3-4,9-10H2,1-2H3. The normalized spacial score (nSPS) is 13.2. The summed E-state index contributed by atoms with van der Waals surface area (Å²) in [5.41, 5.74) is 0.563. The molecule has 0 heterocycles. The third-order valence-electron chi connectivity index (χ3n) is 2.94. The van der Waals surface area contributed by atoms with E-state index in [9.17, 15) is 13.2 Å². The van der Waals surface area contributed by atoms with Crippen molar-refractivity contribution in [2.24, 2.45) is 0 Å². The Bertz CT molecular complexity index is 557. The quantitative estimate of drug-likeness (QED) is 0.798. The van der Waals surface area contributed by atoms with Gasteiger partial charge < -0.3 is 5.32 Å². The van der Waals surface area contributed by atoms with Crippen LogP contribution in [0.3, 0.4) is 0 Å². The summed E-state index contributed by atoms with van der Waals surface area (Å²) in [6.07, 6.45) is 0.319. The molecule has 0 fully saturated rings. The van der Waals surface area contributed by atoms with Gasteiger partial charge in [-0.15, -0.1) is 0 Å². The molecule has 0 spiro atoms. The van der Waals surface area contributed by atoms with Crippen LogP contribution in [0.2, 0.25) is 5.02 Å². The molecule has 0 aromatic heterocycles. The van der Waals surface area contributed by atoms with Gasteiger partial charge >= 0.3 is 0 Å². The van der Waals surface area contributed by atoms with Gasteiger partial charge in [0.15, 0.2) is 15.6 Å². The van der Waals surface area contributed by atoms with Gasteiger partial charge in [0.1, 0.15) is 0 Å². The van der Waals surface area contributed by atoms with Crippen LogP contribution in [0.25, 0.3) is 0 Å². The molecule has 112 valence electrons. The summed E-state index contributed by atoms with van der Waals surface area (Å²) < 4.78 is 24.4. The zero-order chi connectivity index (χ0) is 15.2. The van der Waals surface area contributed by atoms with Crippen LogP contribution in [-0.2, 0) is 20.4 Å². The van der Waals surface area contributed by atoms with E-state index in [1.807, 2.05) is 6.92 Å². The second-order valence-corrected chi connectivity index (χ2v) is 7.09. The molecule has 1 rings (SSSR count). The molecule has 1 unspecified atom stereocenters. The van der Waals surface area contributed by atoms with Crippen LogP contribution in [0, 0.1) is 0 Å². The van der Waals surface area contributed by atoms with E-state index in [1.54, 1.807) is 31.2 Å². The molecule has 1 atom stereocenters. The molecule has 4 nitrogen and oxygen atoms in total. The van der Waals surface area contributed by atoms with E-state index in [0.717, 1.165) is 0 Å². The van der Waals surface area contributed by atoms with Crippen molar-refractivity contribution in [3.8, 4) is 0 Å². The lowest BCUT2D eigenvalue weighted by atomic mass is 10.2. The van der Waals surface area contributed by atoms with Crippen molar-refractivity contribution in [3.63, 3.8) is 0 Å². The highest BCUT2D eigenvalue weighted by atomic mass is 35.5. The largest absolute Gasteiger partial charge is 0.307 e. The molecule has 1 N–H and O–H groups in total. The number of nitrogens with one attached hydrogen (secondary N) is 1. The molecule has 0 bridgehead atoms. The van der Waals surface area contributed by atoms with Crippen LogP contribution in [-0.4, -0.2) is 32.5 Å². The van der Waals surface area contributed by atoms with Crippen molar-refractivity contribution in [2.45, 2.75) is 32.1 Å². The van der Waals surface area contributed by atoms with E-state index in [2.05, 4.69) is 5.32 Å². The molecule has 0 radical (unpaired) electrons. The van der Waals surface area contributed by atoms with Crippen molar-refractivity contribution < 1.29 is 13.2 Å². The third kappa shape index (κ3) is 5.23. The average molecular weight is 318 g/mol. The van der Waals surface area contributed by atoms with Crippen LogP contribution < -0.4 is 5.32 Å². The number of benzene rings is 1. The van der Waals surface area contributed by atoms with Gasteiger partial charge in [-0.05, 0) is 18.2 Å². The Morgan fingerprint density at radius 1 is 1.30 bits per heavy atom. The van der Waals surface area contributed by atoms with Gasteiger partial charge in [-0.25, -0.2) is 8.42 Å². The molecule has 0 amide bonds. The van der Waals surface area contributed by atoms with E-state index in [-0.39, 0.29) is 17.3 Å². The lowest BCUT2D eigenvalue weighted by Crippen LogP contribution is -2.42. The minimum absolute atomic E-state index is 0.0883. The average Bonchev–Trinajstić information content (AvgIpc) is 2.39. The molecule has 0 saturated carbocycles. The number of ketones is 1. The van der Waals surface area contributed by atoms with Crippen molar-refractivity contribution in [1.82, 2.24) is 5.32 Å². The first-order valence-corrected chi connectivity index (χ1v) is 8.79. The van der Waals surface area contributed by atoms with Gasteiger partial charge in [0, 0.05) is 11.4 Å². The van der Waals surface area contributed by atoms with Crippen LogP contribution in [0.15, 0.2) is 24.3 Å². The Morgan fingerprint density at radius 2 is 1.95 bits per heavy atom. The number of likely N-dealkylation sites (N-methyl/N-ethyl adjacent to an activating group) is 1. The van der Waals surface area contributed by atoms with E-state index < -0.39 is 15.9 Å². The summed E-state index contributed by atoms with van der Waals surface area (Å²) in [4.78, 5) is 11.7. The van der Waals surface area contributed by atoms with Crippen molar-refractivity contribution in [1.29, 1.82) is 0 Å². The number of Topliss-reactive ketones (excluding diaryl/α,β-unsaturated/α-hetero) is 1. The first-order valence-electron chi connectivity index (χ1n) is 6.59. The highest BCUT2D eigenvalue weighted by Gasteiger charge is 2.24. The lowest BCUT2D eigenvalue weighted by Gasteiger charge is -2.16. The van der Waals surface area contributed by atoms with Crippen molar-refractivity contribution >= 4 is 27.2 Å². The highest BCUT2D eigenvalue weighted by molar-refractivity contribution is 7.90. The van der Waals surface area contributed by atoms with E-state index in [4.69, 9.17) is 11.6 Å². The summed E-state index contributed by atoms with van der Waals surface area (Å²) in [6.45, 7) is 4.13. The van der Waals surface area contributed by atoms with Crippen molar-refractivity contribution in [3.05, 3.63) is 34.9 Å². The van der Waals surface area contributed by atoms with Crippen LogP contribution in [0.4, 0.5) is 0 Å². The molecule has 0 aliphatic carbocycles. The molecule has 20 heavy (non-hydrogen) atoms. The number of halogens is 1. The SMILES string of the molecule is CCNC(CS(=O)(=O)Cc1ccccc1Cl)C(=O)CC. The molecular weight excluding hydrogens is 298 g/mol. The van der Waals surface area contributed by atoms with Gasteiger partial charge in [-0.1, -0.05) is 43.6 Å². The van der Waals surface area contributed by atoms with Crippen molar-refractivity contribution in [2.75, 3.05) is 12.3 Å². The Morgan fingerprint density at radius 3 is 2.50 bits per heavy atom. The minimum atomic E-state index is -3.40. The summed E-state index contributed by atoms with van der Waals surface area (Å²) in [5.74, 6) is -0.431.